The molecule has 21 heavy (non-hydrogen) atoms. The first-order valence-corrected chi connectivity index (χ1v) is 7.42. The van der Waals surface area contributed by atoms with Gasteiger partial charge in [-0.25, -0.2) is 0 Å². The first-order chi connectivity index (χ1) is 10.1. The van der Waals surface area contributed by atoms with E-state index in [1.165, 1.54) is 0 Å². The molecular formula is C16H17BrN2O2. The number of pyridine rings is 1. The molecule has 0 spiro atoms. The zero-order chi connectivity index (χ0) is 15.2. The maximum absolute atomic E-state index is 12.3. The van der Waals surface area contributed by atoms with Crippen LogP contribution in [-0.4, -0.2) is 28.9 Å². The van der Waals surface area contributed by atoms with E-state index in [2.05, 4.69) is 20.9 Å². The number of hydrogen-bond donors (Lipinski definition) is 0. The van der Waals surface area contributed by atoms with Gasteiger partial charge in [0.15, 0.2) is 6.10 Å². The number of aromatic nitrogens is 1. The zero-order valence-corrected chi connectivity index (χ0v) is 13.6. The molecule has 0 aliphatic rings. The molecule has 1 aromatic carbocycles. The second-order valence-electron chi connectivity index (χ2n) is 4.73. The van der Waals surface area contributed by atoms with Gasteiger partial charge in [-0.05, 0) is 37.3 Å². The van der Waals surface area contributed by atoms with E-state index in [-0.39, 0.29) is 5.91 Å². The van der Waals surface area contributed by atoms with Crippen molar-refractivity contribution in [3.63, 3.8) is 0 Å². The second kappa shape index (κ2) is 7.22. The van der Waals surface area contributed by atoms with E-state index in [9.17, 15) is 4.79 Å². The quantitative estimate of drug-likeness (QED) is 0.832. The summed E-state index contributed by atoms with van der Waals surface area (Å²) < 4.78 is 6.59. The molecule has 5 heteroatoms. The van der Waals surface area contributed by atoms with Gasteiger partial charge < -0.3 is 9.64 Å². The summed E-state index contributed by atoms with van der Waals surface area (Å²) in [4.78, 5) is 18.1. The Balaban J connectivity index is 1.95. The molecule has 2 aromatic rings. The van der Waals surface area contributed by atoms with Crippen LogP contribution in [0.4, 0.5) is 0 Å². The van der Waals surface area contributed by atoms with Crippen molar-refractivity contribution < 1.29 is 9.53 Å². The lowest BCUT2D eigenvalue weighted by Gasteiger charge is -2.22. The number of benzene rings is 1. The van der Waals surface area contributed by atoms with Crippen LogP contribution in [-0.2, 0) is 11.3 Å². The van der Waals surface area contributed by atoms with Gasteiger partial charge in [-0.3, -0.25) is 9.78 Å². The van der Waals surface area contributed by atoms with Gasteiger partial charge in [0.2, 0.25) is 0 Å². The Hall–Kier alpha value is -1.88. The molecule has 1 unspecified atom stereocenters. The monoisotopic (exact) mass is 348 g/mol. The summed E-state index contributed by atoms with van der Waals surface area (Å²) >= 11 is 3.38. The molecule has 0 saturated carbocycles. The number of amides is 1. The molecular weight excluding hydrogens is 332 g/mol. The van der Waals surface area contributed by atoms with Crippen molar-refractivity contribution in [3.05, 3.63) is 58.8 Å². The Labute approximate surface area is 132 Å². The van der Waals surface area contributed by atoms with Gasteiger partial charge in [0.25, 0.3) is 5.91 Å². The highest BCUT2D eigenvalue weighted by atomic mass is 79.9. The van der Waals surface area contributed by atoms with Crippen LogP contribution in [0.1, 0.15) is 12.6 Å². The highest BCUT2D eigenvalue weighted by Gasteiger charge is 2.19. The Morgan fingerprint density at radius 3 is 2.81 bits per heavy atom. The summed E-state index contributed by atoms with van der Waals surface area (Å²) in [6, 6.07) is 13.1. The van der Waals surface area contributed by atoms with Gasteiger partial charge in [0.1, 0.15) is 5.75 Å². The average molecular weight is 349 g/mol. The third-order valence-electron chi connectivity index (χ3n) is 2.96. The summed E-state index contributed by atoms with van der Waals surface area (Å²) in [7, 11) is 1.75. The fraction of sp³-hybridized carbons (Fsp3) is 0.250. The topological polar surface area (TPSA) is 42.4 Å². The lowest BCUT2D eigenvalue weighted by molar-refractivity contribution is -0.137. The minimum atomic E-state index is -0.548. The van der Waals surface area contributed by atoms with Crippen molar-refractivity contribution in [2.75, 3.05) is 7.05 Å². The Morgan fingerprint density at radius 1 is 1.33 bits per heavy atom. The number of likely N-dealkylation sites (N-methyl/N-ethyl adjacent to an activating group) is 1. The number of carbonyl (C=O) groups is 1. The molecule has 110 valence electrons. The molecule has 0 bridgehead atoms. The molecule has 4 nitrogen and oxygen atoms in total. The lowest BCUT2D eigenvalue weighted by atomic mass is 10.3. The number of nitrogens with zero attached hydrogens (tertiary/aromatic N) is 2. The number of ether oxygens (including phenoxy) is 1. The minimum Gasteiger partial charge on any atom is -0.481 e. The summed E-state index contributed by atoms with van der Waals surface area (Å²) in [5, 5.41) is 0. The first kappa shape index (κ1) is 15.5. The van der Waals surface area contributed by atoms with Gasteiger partial charge in [0, 0.05) is 17.7 Å². The van der Waals surface area contributed by atoms with Crippen molar-refractivity contribution in [1.29, 1.82) is 0 Å². The van der Waals surface area contributed by atoms with Gasteiger partial charge in [-0.2, -0.15) is 0 Å². The maximum atomic E-state index is 12.3. The molecule has 0 radical (unpaired) electrons. The van der Waals surface area contributed by atoms with Gasteiger partial charge >= 0.3 is 0 Å². The van der Waals surface area contributed by atoms with Crippen LogP contribution < -0.4 is 4.74 Å². The van der Waals surface area contributed by atoms with Crippen LogP contribution in [0.5, 0.6) is 5.75 Å². The average Bonchev–Trinajstić information content (AvgIpc) is 2.47. The van der Waals surface area contributed by atoms with E-state index in [1.54, 1.807) is 25.1 Å². The van der Waals surface area contributed by atoms with Crippen molar-refractivity contribution in [2.24, 2.45) is 0 Å². The number of halogens is 1. The molecule has 0 N–H and O–H groups in total. The van der Waals surface area contributed by atoms with Crippen molar-refractivity contribution in [3.8, 4) is 5.75 Å². The Morgan fingerprint density at radius 2 is 2.14 bits per heavy atom. The predicted molar refractivity (Wildman–Crippen MR) is 84.9 cm³/mol. The van der Waals surface area contributed by atoms with Crippen LogP contribution in [0, 0.1) is 0 Å². The van der Waals surface area contributed by atoms with Crippen molar-refractivity contribution >= 4 is 21.8 Å². The first-order valence-electron chi connectivity index (χ1n) is 6.63. The fourth-order valence-electron chi connectivity index (χ4n) is 1.92. The van der Waals surface area contributed by atoms with Gasteiger partial charge in [-0.1, -0.05) is 28.1 Å². The van der Waals surface area contributed by atoms with E-state index >= 15 is 0 Å². The van der Waals surface area contributed by atoms with E-state index < -0.39 is 6.10 Å². The third kappa shape index (κ3) is 4.56. The smallest absolute Gasteiger partial charge is 0.263 e. The van der Waals surface area contributed by atoms with E-state index in [4.69, 9.17) is 4.74 Å². The standard InChI is InChI=1S/C16H17BrN2O2/c1-12(21-15-8-5-6-13(17)10-15)16(20)19(2)11-14-7-3-4-9-18-14/h3-10,12H,11H2,1-2H3. The highest BCUT2D eigenvalue weighted by Crippen LogP contribution is 2.19. The lowest BCUT2D eigenvalue weighted by Crippen LogP contribution is -2.37. The normalized spacial score (nSPS) is 11.8. The molecule has 1 aromatic heterocycles. The molecule has 1 atom stereocenters. The van der Waals surface area contributed by atoms with Crippen molar-refractivity contribution in [1.82, 2.24) is 9.88 Å². The molecule has 1 heterocycles. The van der Waals surface area contributed by atoms with E-state index in [1.807, 2.05) is 42.5 Å². The van der Waals surface area contributed by atoms with Crippen LogP contribution in [0.2, 0.25) is 0 Å². The van der Waals surface area contributed by atoms with Crippen LogP contribution in [0.3, 0.4) is 0 Å². The van der Waals surface area contributed by atoms with Crippen LogP contribution in [0.25, 0.3) is 0 Å². The van der Waals surface area contributed by atoms with Crippen LogP contribution >= 0.6 is 15.9 Å². The van der Waals surface area contributed by atoms with Gasteiger partial charge in [0.05, 0.1) is 12.2 Å². The number of carbonyl (C=O) groups excluding carboxylic acids is 1. The fourth-order valence-corrected chi connectivity index (χ4v) is 2.30. The summed E-state index contributed by atoms with van der Waals surface area (Å²) in [6.07, 6.45) is 1.17. The van der Waals surface area contributed by atoms with Gasteiger partial charge in [-0.15, -0.1) is 0 Å². The summed E-state index contributed by atoms with van der Waals surface area (Å²) in [6.45, 7) is 2.21. The van der Waals surface area contributed by atoms with Crippen molar-refractivity contribution in [2.45, 2.75) is 19.6 Å². The maximum Gasteiger partial charge on any atom is 0.263 e. The third-order valence-corrected chi connectivity index (χ3v) is 3.45. The number of rotatable bonds is 5. The SMILES string of the molecule is CC(Oc1cccc(Br)c1)C(=O)N(C)Cc1ccccn1. The van der Waals surface area contributed by atoms with Crippen LogP contribution in [0.15, 0.2) is 53.1 Å². The summed E-state index contributed by atoms with van der Waals surface area (Å²) in [5.41, 5.74) is 0.850. The Kier molecular flexibility index (Phi) is 5.33. The Bertz CT molecular complexity index is 604. The summed E-state index contributed by atoms with van der Waals surface area (Å²) in [5.74, 6) is 0.581. The predicted octanol–water partition coefficient (Wildman–Crippen LogP) is 3.27. The molecule has 0 fully saturated rings. The minimum absolute atomic E-state index is 0.0828. The van der Waals surface area contributed by atoms with E-state index in [0.29, 0.717) is 12.3 Å². The molecule has 2 rings (SSSR count). The molecule has 0 aliphatic heterocycles. The highest BCUT2D eigenvalue weighted by molar-refractivity contribution is 9.10. The number of hydrogen-bond acceptors (Lipinski definition) is 3. The zero-order valence-electron chi connectivity index (χ0n) is 12.0. The molecule has 1 amide bonds. The molecule has 0 aliphatic carbocycles. The second-order valence-corrected chi connectivity index (χ2v) is 5.65. The van der Waals surface area contributed by atoms with E-state index in [0.717, 1.165) is 10.2 Å². The largest absolute Gasteiger partial charge is 0.481 e. The molecule has 0 saturated heterocycles.